The van der Waals surface area contributed by atoms with Crippen molar-refractivity contribution in [1.82, 2.24) is 4.90 Å². The molecular weight excluding hydrogens is 605 g/mol. The lowest BCUT2D eigenvalue weighted by Crippen LogP contribution is -2.47. The first-order chi connectivity index (χ1) is 20.8. The second-order valence-electron chi connectivity index (χ2n) is 13.2. The second-order valence-corrected chi connectivity index (χ2v) is 14.9. The van der Waals surface area contributed by atoms with Gasteiger partial charge in [0.05, 0.1) is 19.3 Å². The van der Waals surface area contributed by atoms with Crippen LogP contribution >= 0.6 is 0 Å². The molecule has 3 fully saturated rings. The smallest absolute Gasteiger partial charge is 0.410 e. The highest BCUT2D eigenvalue weighted by Crippen LogP contribution is 2.63. The number of carbonyl (C=O) groups excluding carboxylic acids is 1. The van der Waals surface area contributed by atoms with Crippen molar-refractivity contribution in [2.45, 2.75) is 88.8 Å². The summed E-state index contributed by atoms with van der Waals surface area (Å²) in [6, 6.07) is 5.99. The molecule has 1 unspecified atom stereocenters. The van der Waals surface area contributed by atoms with E-state index in [0.717, 1.165) is 44.1 Å². The lowest BCUT2D eigenvalue weighted by molar-refractivity contribution is -0.284. The Balaban J connectivity index is 1.27. The number of amides is 1. The largest absolute Gasteiger partial charge is 0.453 e. The Labute approximate surface area is 258 Å². The first-order valence-electron chi connectivity index (χ1n) is 15.8. The standard InChI is InChI=1S/C32H44F5NO5S/c1-30-12-10-25-24-7-6-23(43-29(39)38-13-15-42-16-14-38)20-22(24)19-21(28(25)26(30)8-9-27(30)41-2)5-3-17-44(40)18-4-11-31(33,34)32(35,36)37/h6-7,20-21,25-28H,3-5,8-19H2,1-2H3/t21-,25-,26+,27+,28-,30+,44?/m1/s1. The number of morpholine rings is 1. The van der Waals surface area contributed by atoms with E-state index in [2.05, 4.69) is 13.0 Å². The van der Waals surface area contributed by atoms with E-state index in [1.165, 1.54) is 5.56 Å². The van der Waals surface area contributed by atoms with Gasteiger partial charge < -0.3 is 19.1 Å². The highest BCUT2D eigenvalue weighted by atomic mass is 32.2. The van der Waals surface area contributed by atoms with Crippen LogP contribution in [0.1, 0.15) is 75.3 Å². The maximum absolute atomic E-state index is 13.3. The van der Waals surface area contributed by atoms with Crippen LogP contribution in [0.15, 0.2) is 18.2 Å². The van der Waals surface area contributed by atoms with Gasteiger partial charge in [-0.2, -0.15) is 22.0 Å². The first kappa shape index (κ1) is 33.6. The molecule has 0 aromatic heterocycles. The van der Waals surface area contributed by atoms with Crippen LogP contribution in [0.3, 0.4) is 0 Å². The highest BCUT2D eigenvalue weighted by Gasteiger charge is 2.58. The topological polar surface area (TPSA) is 65.1 Å². The summed E-state index contributed by atoms with van der Waals surface area (Å²) >= 11 is 0. The molecule has 6 nitrogen and oxygen atoms in total. The van der Waals surface area contributed by atoms with Crippen LogP contribution in [-0.4, -0.2) is 78.3 Å². The van der Waals surface area contributed by atoms with Gasteiger partial charge in [0.25, 0.3) is 0 Å². The number of hydrogen-bond donors (Lipinski definition) is 0. The lowest BCUT2D eigenvalue weighted by atomic mass is 9.52. The van der Waals surface area contributed by atoms with Crippen LogP contribution < -0.4 is 4.74 Å². The Hall–Kier alpha value is -1.79. The molecule has 2 saturated carbocycles. The Morgan fingerprint density at radius 2 is 1.82 bits per heavy atom. The van der Waals surface area contributed by atoms with Crippen molar-refractivity contribution in [3.05, 3.63) is 29.3 Å². The fraction of sp³-hybridized carbons (Fsp3) is 0.781. The van der Waals surface area contributed by atoms with Gasteiger partial charge >= 0.3 is 18.2 Å². The van der Waals surface area contributed by atoms with Crippen molar-refractivity contribution < 1.29 is 45.2 Å². The van der Waals surface area contributed by atoms with E-state index in [9.17, 15) is 31.0 Å². The zero-order valence-corrected chi connectivity index (χ0v) is 26.3. The quantitative estimate of drug-likeness (QED) is 0.253. The number of alkyl halides is 5. The molecule has 4 aliphatic rings. The van der Waals surface area contributed by atoms with Crippen molar-refractivity contribution >= 4 is 16.9 Å². The third kappa shape index (κ3) is 6.97. The van der Waals surface area contributed by atoms with Gasteiger partial charge in [-0.15, -0.1) is 0 Å². The number of rotatable bonds is 10. The SMILES string of the molecule is CO[C@H]1CC[C@H]2[C@@H]3[C@H](CCCS(=O)CCCC(F)(F)C(F)(F)F)Cc4cc(OC(=O)N5CCOCC5)ccc4[C@H]3CC[C@]12C. The predicted octanol–water partition coefficient (Wildman–Crippen LogP) is 7.12. The summed E-state index contributed by atoms with van der Waals surface area (Å²) < 4.78 is 93.6. The number of methoxy groups -OCH3 is 1. The molecule has 0 radical (unpaired) electrons. The Kier molecular flexibility index (Phi) is 10.3. The summed E-state index contributed by atoms with van der Waals surface area (Å²) in [5.74, 6) is -2.64. The van der Waals surface area contributed by atoms with Crippen LogP contribution in [0.25, 0.3) is 0 Å². The molecule has 248 valence electrons. The number of nitrogens with zero attached hydrogens (tertiary/aromatic N) is 1. The third-order valence-electron chi connectivity index (χ3n) is 10.8. The maximum Gasteiger partial charge on any atom is 0.453 e. The Bertz CT molecular complexity index is 1190. The zero-order valence-electron chi connectivity index (χ0n) is 25.5. The van der Waals surface area contributed by atoms with Gasteiger partial charge in [-0.25, -0.2) is 4.79 Å². The van der Waals surface area contributed by atoms with Crippen molar-refractivity contribution in [2.24, 2.45) is 23.2 Å². The summed E-state index contributed by atoms with van der Waals surface area (Å²) in [5, 5.41) is 0. The molecule has 7 atom stereocenters. The summed E-state index contributed by atoms with van der Waals surface area (Å²) in [6.45, 7) is 4.30. The number of benzene rings is 1. The monoisotopic (exact) mass is 649 g/mol. The normalized spacial score (nSPS) is 31.2. The van der Waals surface area contributed by atoms with E-state index in [1.807, 2.05) is 12.1 Å². The number of hydrogen-bond acceptors (Lipinski definition) is 5. The van der Waals surface area contributed by atoms with Gasteiger partial charge in [0.15, 0.2) is 0 Å². The number of carbonyl (C=O) groups is 1. The third-order valence-corrected chi connectivity index (χ3v) is 12.3. The molecule has 12 heteroatoms. The van der Waals surface area contributed by atoms with Crippen LogP contribution in [0, 0.1) is 23.2 Å². The molecule has 1 saturated heterocycles. The molecule has 44 heavy (non-hydrogen) atoms. The van der Waals surface area contributed by atoms with E-state index < -0.39 is 35.7 Å². The summed E-state index contributed by atoms with van der Waals surface area (Å²) in [7, 11) is 0.323. The minimum Gasteiger partial charge on any atom is -0.410 e. The van der Waals surface area contributed by atoms with E-state index in [-0.39, 0.29) is 35.0 Å². The van der Waals surface area contributed by atoms with Gasteiger partial charge in [0, 0.05) is 48.9 Å². The molecule has 1 amide bonds. The Morgan fingerprint density at radius 1 is 1.09 bits per heavy atom. The molecule has 1 aromatic carbocycles. The summed E-state index contributed by atoms with van der Waals surface area (Å²) in [5.41, 5.74) is 2.53. The lowest BCUT2D eigenvalue weighted by Gasteiger charge is -2.53. The van der Waals surface area contributed by atoms with E-state index in [4.69, 9.17) is 14.2 Å². The minimum atomic E-state index is -5.58. The minimum absolute atomic E-state index is 0.0752. The van der Waals surface area contributed by atoms with Crippen molar-refractivity contribution in [3.8, 4) is 5.75 Å². The second kappa shape index (κ2) is 13.5. The zero-order chi connectivity index (χ0) is 31.7. The van der Waals surface area contributed by atoms with Gasteiger partial charge in [0.1, 0.15) is 5.75 Å². The molecule has 0 N–H and O–H groups in total. The summed E-state index contributed by atoms with van der Waals surface area (Å²) in [4.78, 5) is 14.4. The molecule has 1 heterocycles. The average Bonchev–Trinajstić information content (AvgIpc) is 3.32. The van der Waals surface area contributed by atoms with Gasteiger partial charge in [-0.3, -0.25) is 4.21 Å². The molecule has 1 aliphatic heterocycles. The fourth-order valence-corrected chi connectivity index (χ4v) is 9.73. The van der Waals surface area contributed by atoms with Crippen molar-refractivity contribution in [2.75, 3.05) is 44.9 Å². The molecule has 5 rings (SSSR count). The number of fused-ring (bicyclic) bond motifs is 5. The molecule has 0 spiro atoms. The van der Waals surface area contributed by atoms with Crippen molar-refractivity contribution in [3.63, 3.8) is 0 Å². The van der Waals surface area contributed by atoms with E-state index in [0.29, 0.717) is 56.2 Å². The van der Waals surface area contributed by atoms with Crippen LogP contribution in [0.4, 0.5) is 26.7 Å². The molecule has 1 aromatic rings. The number of ether oxygens (including phenoxy) is 3. The summed E-state index contributed by atoms with van der Waals surface area (Å²) in [6.07, 6.45) is -1.19. The van der Waals surface area contributed by atoms with Gasteiger partial charge in [-0.1, -0.05) is 13.0 Å². The fourth-order valence-electron chi connectivity index (χ4n) is 8.57. The van der Waals surface area contributed by atoms with Gasteiger partial charge in [0.2, 0.25) is 0 Å². The van der Waals surface area contributed by atoms with Gasteiger partial charge in [-0.05, 0) is 104 Å². The predicted molar refractivity (Wildman–Crippen MR) is 156 cm³/mol. The molecule has 3 aliphatic carbocycles. The molecular formula is C32H44F5NO5S. The highest BCUT2D eigenvalue weighted by molar-refractivity contribution is 7.84. The van der Waals surface area contributed by atoms with E-state index >= 15 is 0 Å². The number of halogens is 5. The first-order valence-corrected chi connectivity index (χ1v) is 17.3. The average molecular weight is 650 g/mol. The van der Waals surface area contributed by atoms with E-state index in [1.54, 1.807) is 12.0 Å². The van der Waals surface area contributed by atoms with Crippen LogP contribution in [0.5, 0.6) is 5.75 Å². The molecule has 0 bridgehead atoms. The van der Waals surface area contributed by atoms with Crippen LogP contribution in [0.2, 0.25) is 0 Å². The Morgan fingerprint density at radius 3 is 2.52 bits per heavy atom. The van der Waals surface area contributed by atoms with Crippen molar-refractivity contribution in [1.29, 1.82) is 0 Å². The van der Waals surface area contributed by atoms with Crippen LogP contribution in [-0.2, 0) is 26.7 Å². The maximum atomic E-state index is 13.3.